The Morgan fingerprint density at radius 2 is 1.89 bits per heavy atom. The number of hydrogen-bond acceptors (Lipinski definition) is 1. The molecule has 2 heteroatoms. The second-order valence-electron chi connectivity index (χ2n) is 6.37. The lowest BCUT2D eigenvalue weighted by atomic mass is 9.82. The fraction of sp³-hybridized carbons (Fsp3) is 0.938. The highest BCUT2D eigenvalue weighted by Gasteiger charge is 2.50. The molecule has 1 N–H and O–H groups in total. The van der Waals surface area contributed by atoms with Crippen molar-refractivity contribution >= 4 is 5.91 Å². The molecule has 0 aromatic carbocycles. The Kier molecular flexibility index (Phi) is 4.69. The van der Waals surface area contributed by atoms with Gasteiger partial charge in [-0.15, -0.1) is 0 Å². The van der Waals surface area contributed by atoms with Gasteiger partial charge in [0, 0.05) is 11.5 Å². The lowest BCUT2D eigenvalue weighted by Gasteiger charge is -2.32. The highest BCUT2D eigenvalue weighted by atomic mass is 16.2. The monoisotopic (exact) mass is 251 g/mol. The second-order valence-corrected chi connectivity index (χ2v) is 6.37. The van der Waals surface area contributed by atoms with Crippen LogP contribution in [-0.2, 0) is 4.79 Å². The van der Waals surface area contributed by atoms with Gasteiger partial charge in [-0.1, -0.05) is 39.5 Å². The summed E-state index contributed by atoms with van der Waals surface area (Å²) in [5.41, 5.74) is 0.221. The van der Waals surface area contributed by atoms with E-state index in [-0.39, 0.29) is 11.5 Å². The Morgan fingerprint density at radius 3 is 2.39 bits per heavy atom. The van der Waals surface area contributed by atoms with E-state index in [1.54, 1.807) is 0 Å². The molecule has 0 aromatic heterocycles. The van der Waals surface area contributed by atoms with Crippen LogP contribution in [0.5, 0.6) is 0 Å². The van der Waals surface area contributed by atoms with Gasteiger partial charge in [0.1, 0.15) is 0 Å². The minimum Gasteiger partial charge on any atom is -0.350 e. The maximum absolute atomic E-state index is 12.4. The summed E-state index contributed by atoms with van der Waals surface area (Å²) in [5, 5.41) is 3.43. The summed E-state index contributed by atoms with van der Waals surface area (Å²) in [6.07, 6.45) is 12.4. The van der Waals surface area contributed by atoms with Gasteiger partial charge in [-0.05, 0) is 44.4 Å². The third-order valence-electron chi connectivity index (χ3n) is 5.05. The molecule has 0 bridgehead atoms. The minimum absolute atomic E-state index is 0.221. The summed E-state index contributed by atoms with van der Waals surface area (Å²) in [6, 6.07) is 0. The highest BCUT2D eigenvalue weighted by Crippen LogP contribution is 2.48. The van der Waals surface area contributed by atoms with Crippen LogP contribution in [0.1, 0.15) is 78.1 Å². The van der Waals surface area contributed by atoms with E-state index in [1.165, 1.54) is 44.9 Å². The first-order valence-corrected chi connectivity index (χ1v) is 8.04. The van der Waals surface area contributed by atoms with E-state index in [9.17, 15) is 4.79 Å². The number of rotatable bonds is 6. The van der Waals surface area contributed by atoms with Crippen LogP contribution in [0, 0.1) is 11.8 Å². The molecule has 0 heterocycles. The molecule has 0 aliphatic heterocycles. The summed E-state index contributed by atoms with van der Waals surface area (Å²) >= 11 is 0. The van der Waals surface area contributed by atoms with Crippen molar-refractivity contribution in [1.82, 2.24) is 5.32 Å². The zero-order valence-electron chi connectivity index (χ0n) is 12.1. The molecular formula is C16H29NO. The van der Waals surface area contributed by atoms with Crippen molar-refractivity contribution in [3.8, 4) is 0 Å². The summed E-state index contributed by atoms with van der Waals surface area (Å²) < 4.78 is 0. The van der Waals surface area contributed by atoms with Crippen LogP contribution in [-0.4, -0.2) is 11.4 Å². The van der Waals surface area contributed by atoms with Gasteiger partial charge in [-0.25, -0.2) is 0 Å². The van der Waals surface area contributed by atoms with E-state index in [0.717, 1.165) is 25.2 Å². The van der Waals surface area contributed by atoms with Crippen molar-refractivity contribution in [3.05, 3.63) is 0 Å². The van der Waals surface area contributed by atoms with Crippen LogP contribution in [0.25, 0.3) is 0 Å². The van der Waals surface area contributed by atoms with Crippen LogP contribution in [0.15, 0.2) is 0 Å². The molecule has 2 saturated carbocycles. The first kappa shape index (κ1) is 13.9. The van der Waals surface area contributed by atoms with Gasteiger partial charge < -0.3 is 5.32 Å². The molecular weight excluding hydrogens is 222 g/mol. The predicted octanol–water partition coefficient (Wildman–Crippen LogP) is 4.04. The van der Waals surface area contributed by atoms with Crippen molar-refractivity contribution < 1.29 is 4.79 Å². The topological polar surface area (TPSA) is 29.1 Å². The van der Waals surface area contributed by atoms with E-state index in [0.29, 0.717) is 5.91 Å². The Bertz CT molecular complexity index is 277. The third-order valence-corrected chi connectivity index (χ3v) is 5.05. The van der Waals surface area contributed by atoms with E-state index < -0.39 is 0 Å². The zero-order chi connectivity index (χ0) is 13.0. The second kappa shape index (κ2) is 6.08. The van der Waals surface area contributed by atoms with Crippen molar-refractivity contribution in [3.63, 3.8) is 0 Å². The van der Waals surface area contributed by atoms with Crippen LogP contribution >= 0.6 is 0 Å². The van der Waals surface area contributed by atoms with Gasteiger partial charge in [0.2, 0.25) is 5.91 Å². The lowest BCUT2D eigenvalue weighted by molar-refractivity contribution is -0.126. The average molecular weight is 251 g/mol. The van der Waals surface area contributed by atoms with Gasteiger partial charge >= 0.3 is 0 Å². The van der Waals surface area contributed by atoms with E-state index in [1.807, 2.05) is 0 Å². The molecule has 0 spiro atoms. The van der Waals surface area contributed by atoms with Gasteiger partial charge in [-0.3, -0.25) is 4.79 Å². The molecule has 18 heavy (non-hydrogen) atoms. The Hall–Kier alpha value is -0.530. The highest BCUT2D eigenvalue weighted by molar-refractivity contribution is 5.79. The molecule has 2 nitrogen and oxygen atoms in total. The quantitative estimate of drug-likeness (QED) is 0.758. The van der Waals surface area contributed by atoms with Gasteiger partial charge in [-0.2, -0.15) is 0 Å². The maximum Gasteiger partial charge on any atom is 0.223 e. The SMILES string of the molecule is CCCC(CC)C(=O)NC1(C2CCCCC2)CC1. The molecule has 1 unspecified atom stereocenters. The Morgan fingerprint density at radius 1 is 1.22 bits per heavy atom. The van der Waals surface area contributed by atoms with Gasteiger partial charge in [0.05, 0.1) is 0 Å². The molecule has 104 valence electrons. The number of hydrogen-bond donors (Lipinski definition) is 1. The maximum atomic E-state index is 12.4. The normalized spacial score (nSPS) is 24.6. The van der Waals surface area contributed by atoms with E-state index >= 15 is 0 Å². The predicted molar refractivity (Wildman–Crippen MR) is 75.4 cm³/mol. The summed E-state index contributed by atoms with van der Waals surface area (Å²) in [7, 11) is 0. The smallest absolute Gasteiger partial charge is 0.223 e. The number of amides is 1. The van der Waals surface area contributed by atoms with Crippen molar-refractivity contribution in [1.29, 1.82) is 0 Å². The first-order chi connectivity index (χ1) is 8.72. The van der Waals surface area contributed by atoms with Crippen LogP contribution in [0.4, 0.5) is 0 Å². The fourth-order valence-corrected chi connectivity index (χ4v) is 3.64. The van der Waals surface area contributed by atoms with E-state index in [4.69, 9.17) is 0 Å². The average Bonchev–Trinajstić information content (AvgIpc) is 3.17. The van der Waals surface area contributed by atoms with Crippen LogP contribution in [0.2, 0.25) is 0 Å². The molecule has 1 atom stereocenters. The van der Waals surface area contributed by atoms with Crippen LogP contribution in [0.3, 0.4) is 0 Å². The lowest BCUT2D eigenvalue weighted by Crippen LogP contribution is -2.45. The van der Waals surface area contributed by atoms with Crippen molar-refractivity contribution in [2.45, 2.75) is 83.6 Å². The molecule has 2 aliphatic rings. The van der Waals surface area contributed by atoms with Crippen molar-refractivity contribution in [2.75, 3.05) is 0 Å². The molecule has 2 aliphatic carbocycles. The third kappa shape index (κ3) is 3.07. The zero-order valence-corrected chi connectivity index (χ0v) is 12.1. The fourth-order valence-electron chi connectivity index (χ4n) is 3.64. The molecule has 0 saturated heterocycles. The van der Waals surface area contributed by atoms with Crippen molar-refractivity contribution in [2.24, 2.45) is 11.8 Å². The summed E-state index contributed by atoms with van der Waals surface area (Å²) in [6.45, 7) is 4.31. The van der Waals surface area contributed by atoms with E-state index in [2.05, 4.69) is 19.2 Å². The van der Waals surface area contributed by atoms with Gasteiger partial charge in [0.25, 0.3) is 0 Å². The minimum atomic E-state index is 0.221. The Balaban J connectivity index is 1.89. The molecule has 1 amide bonds. The number of nitrogens with one attached hydrogen (secondary N) is 1. The largest absolute Gasteiger partial charge is 0.350 e. The first-order valence-electron chi connectivity index (χ1n) is 8.04. The molecule has 0 radical (unpaired) electrons. The number of carbonyl (C=O) groups is 1. The van der Waals surface area contributed by atoms with Gasteiger partial charge in [0.15, 0.2) is 0 Å². The molecule has 2 fully saturated rings. The van der Waals surface area contributed by atoms with Crippen LogP contribution < -0.4 is 5.32 Å². The standard InChI is InChI=1S/C16H29NO/c1-3-8-13(4-2)15(18)17-16(11-12-16)14-9-6-5-7-10-14/h13-14H,3-12H2,1-2H3,(H,17,18). The molecule has 2 rings (SSSR count). The summed E-state index contributed by atoms with van der Waals surface area (Å²) in [5.74, 6) is 1.35. The Labute approximate surface area is 112 Å². The molecule has 0 aromatic rings. The number of carbonyl (C=O) groups excluding carboxylic acids is 1. The summed E-state index contributed by atoms with van der Waals surface area (Å²) in [4.78, 5) is 12.4.